The maximum Gasteiger partial charge on any atom is 0.302 e. The van der Waals surface area contributed by atoms with Crippen LogP contribution in [0.3, 0.4) is 0 Å². The summed E-state index contributed by atoms with van der Waals surface area (Å²) in [6.45, 7) is 11.1. The zero-order valence-corrected chi connectivity index (χ0v) is 15.4. The average molecular weight is 336 g/mol. The molecule has 0 aromatic carbocycles. The van der Waals surface area contributed by atoms with Crippen LogP contribution < -0.4 is 0 Å². The zero-order valence-electron chi connectivity index (χ0n) is 15.4. The van der Waals surface area contributed by atoms with E-state index in [4.69, 9.17) is 9.47 Å². The number of carbonyl (C=O) groups is 3. The molecule has 4 saturated carbocycles. The van der Waals surface area contributed by atoms with Gasteiger partial charge in [-0.2, -0.15) is 0 Å². The molecule has 0 heterocycles. The van der Waals surface area contributed by atoms with Crippen LogP contribution in [0.2, 0.25) is 0 Å². The summed E-state index contributed by atoms with van der Waals surface area (Å²) in [6, 6.07) is 0. The number of rotatable bonds is 2. The summed E-state index contributed by atoms with van der Waals surface area (Å²) in [4.78, 5) is 36.1. The second kappa shape index (κ2) is 5.30. The number of hydrogen-bond donors (Lipinski definition) is 0. The van der Waals surface area contributed by atoms with Gasteiger partial charge in [0.05, 0.1) is 0 Å². The third kappa shape index (κ3) is 2.16. The third-order valence-corrected chi connectivity index (χ3v) is 7.07. The van der Waals surface area contributed by atoms with Crippen LogP contribution in [0.15, 0.2) is 0 Å². The number of ether oxygens (including phenoxy) is 2. The standard InChI is InChI=1S/C19H28O5/c1-9-7-12(23-10(2)20)16-17-15(9)19(16,6)14(24-11(3)21)8-13(22)18(17,4)5/h9,12,14-17H,7-8H2,1-6H3/t9-,12+,14+,15-,16+,17-,19+/m0/s1. The molecule has 0 saturated heterocycles. The van der Waals surface area contributed by atoms with Crippen LogP contribution in [0.25, 0.3) is 0 Å². The van der Waals surface area contributed by atoms with Gasteiger partial charge in [0.15, 0.2) is 0 Å². The first-order chi connectivity index (χ1) is 11.0. The Hall–Kier alpha value is -1.39. The Morgan fingerprint density at radius 3 is 2.12 bits per heavy atom. The van der Waals surface area contributed by atoms with Gasteiger partial charge in [0.1, 0.15) is 18.0 Å². The molecule has 4 bridgehead atoms. The lowest BCUT2D eigenvalue weighted by atomic mass is 9.35. The van der Waals surface area contributed by atoms with Crippen molar-refractivity contribution in [1.29, 1.82) is 0 Å². The molecule has 0 spiro atoms. The summed E-state index contributed by atoms with van der Waals surface area (Å²) in [6.07, 6.45) is 0.432. The molecule has 0 radical (unpaired) electrons. The maximum atomic E-state index is 12.9. The monoisotopic (exact) mass is 336 g/mol. The molecule has 4 aliphatic rings. The fraction of sp³-hybridized carbons (Fsp3) is 0.842. The first-order valence-electron chi connectivity index (χ1n) is 8.89. The molecule has 4 aliphatic carbocycles. The van der Waals surface area contributed by atoms with E-state index in [9.17, 15) is 14.4 Å². The minimum Gasteiger partial charge on any atom is -0.462 e. The summed E-state index contributed by atoms with van der Waals surface area (Å²) in [5, 5.41) is 0. The summed E-state index contributed by atoms with van der Waals surface area (Å²) < 4.78 is 11.3. The van der Waals surface area contributed by atoms with E-state index < -0.39 is 11.5 Å². The Morgan fingerprint density at radius 1 is 1.00 bits per heavy atom. The van der Waals surface area contributed by atoms with Crippen molar-refractivity contribution < 1.29 is 23.9 Å². The van der Waals surface area contributed by atoms with Crippen LogP contribution in [0.4, 0.5) is 0 Å². The molecule has 7 atom stereocenters. The van der Waals surface area contributed by atoms with E-state index in [1.807, 2.05) is 13.8 Å². The van der Waals surface area contributed by atoms with E-state index in [2.05, 4.69) is 13.8 Å². The zero-order chi connectivity index (χ0) is 18.0. The SMILES string of the molecule is CC(=O)O[C@@H]1C[C@H](C)[C@H]2[C@H]3[C@@H]1[C@]2(C)[C@H](OC(C)=O)CC(=O)C3(C)C. The predicted octanol–water partition coefficient (Wildman–Crippen LogP) is 2.76. The van der Waals surface area contributed by atoms with Gasteiger partial charge in [0, 0.05) is 37.0 Å². The quantitative estimate of drug-likeness (QED) is 0.725. The molecule has 0 aromatic rings. The minimum absolute atomic E-state index is 0.0633. The van der Waals surface area contributed by atoms with Gasteiger partial charge < -0.3 is 9.47 Å². The Labute approximate surface area is 143 Å². The molecule has 0 aromatic heterocycles. The molecule has 5 nitrogen and oxygen atoms in total. The lowest BCUT2D eigenvalue weighted by Crippen LogP contribution is -2.72. The molecular formula is C19H28O5. The highest BCUT2D eigenvalue weighted by Crippen LogP contribution is 2.73. The molecule has 4 fully saturated rings. The Bertz CT molecular complexity index is 595. The van der Waals surface area contributed by atoms with E-state index in [1.165, 1.54) is 13.8 Å². The van der Waals surface area contributed by atoms with Crippen molar-refractivity contribution in [3.05, 3.63) is 0 Å². The van der Waals surface area contributed by atoms with Gasteiger partial charge in [0.25, 0.3) is 0 Å². The van der Waals surface area contributed by atoms with Crippen molar-refractivity contribution in [2.45, 2.75) is 66.6 Å². The van der Waals surface area contributed by atoms with Gasteiger partial charge in [-0.05, 0) is 24.2 Å². The second-order valence-electron chi connectivity index (χ2n) is 8.75. The third-order valence-electron chi connectivity index (χ3n) is 7.07. The summed E-state index contributed by atoms with van der Waals surface area (Å²) in [5.74, 6) is 0.360. The van der Waals surface area contributed by atoms with E-state index in [-0.39, 0.29) is 47.5 Å². The van der Waals surface area contributed by atoms with Crippen LogP contribution >= 0.6 is 0 Å². The van der Waals surface area contributed by atoms with E-state index >= 15 is 0 Å². The molecule has 0 aliphatic heterocycles. The lowest BCUT2D eigenvalue weighted by molar-refractivity contribution is -0.282. The van der Waals surface area contributed by atoms with Crippen molar-refractivity contribution in [3.8, 4) is 0 Å². The van der Waals surface area contributed by atoms with Crippen LogP contribution in [-0.4, -0.2) is 29.9 Å². The van der Waals surface area contributed by atoms with E-state index in [1.54, 1.807) is 0 Å². The topological polar surface area (TPSA) is 69.7 Å². The highest BCUT2D eigenvalue weighted by Gasteiger charge is 2.75. The largest absolute Gasteiger partial charge is 0.462 e. The molecular weight excluding hydrogens is 308 g/mol. The molecule has 0 N–H and O–H groups in total. The number of Topliss-reactive ketones (excluding diaryl/α,β-unsaturated/α-hetero) is 1. The average Bonchev–Trinajstić information content (AvgIpc) is 2.50. The predicted molar refractivity (Wildman–Crippen MR) is 86.9 cm³/mol. The first kappa shape index (κ1) is 17.4. The fourth-order valence-corrected chi connectivity index (χ4v) is 6.23. The molecule has 0 amide bonds. The molecule has 134 valence electrons. The number of carbonyl (C=O) groups excluding carboxylic acids is 3. The van der Waals surface area contributed by atoms with E-state index in [0.29, 0.717) is 11.8 Å². The van der Waals surface area contributed by atoms with Crippen molar-refractivity contribution in [2.24, 2.45) is 34.5 Å². The number of ketones is 1. The smallest absolute Gasteiger partial charge is 0.302 e. The van der Waals surface area contributed by atoms with Crippen LogP contribution in [0.5, 0.6) is 0 Å². The highest BCUT2D eigenvalue weighted by molar-refractivity contribution is 5.86. The van der Waals surface area contributed by atoms with Gasteiger partial charge in [-0.25, -0.2) is 0 Å². The molecule has 24 heavy (non-hydrogen) atoms. The fourth-order valence-electron chi connectivity index (χ4n) is 6.23. The summed E-state index contributed by atoms with van der Waals surface area (Å²) in [5.41, 5.74) is -0.797. The first-order valence-corrected chi connectivity index (χ1v) is 8.89. The summed E-state index contributed by atoms with van der Waals surface area (Å²) in [7, 11) is 0. The molecule has 0 unspecified atom stereocenters. The Balaban J connectivity index is 2.08. The lowest BCUT2D eigenvalue weighted by Gasteiger charge is -2.70. The normalized spacial score (nSPS) is 45.7. The van der Waals surface area contributed by atoms with Gasteiger partial charge in [0.2, 0.25) is 0 Å². The van der Waals surface area contributed by atoms with Gasteiger partial charge >= 0.3 is 11.9 Å². The second-order valence-corrected chi connectivity index (χ2v) is 8.75. The van der Waals surface area contributed by atoms with Crippen LogP contribution in [-0.2, 0) is 23.9 Å². The summed E-state index contributed by atoms with van der Waals surface area (Å²) >= 11 is 0. The van der Waals surface area contributed by atoms with Crippen molar-refractivity contribution in [1.82, 2.24) is 0 Å². The van der Waals surface area contributed by atoms with E-state index in [0.717, 1.165) is 6.42 Å². The number of fused-ring (bicyclic) bond motifs is 2. The van der Waals surface area contributed by atoms with Gasteiger partial charge in [-0.1, -0.05) is 27.7 Å². The van der Waals surface area contributed by atoms with Gasteiger partial charge in [-0.3, -0.25) is 14.4 Å². The van der Waals surface area contributed by atoms with Crippen molar-refractivity contribution in [2.75, 3.05) is 0 Å². The highest BCUT2D eigenvalue weighted by atomic mass is 16.6. The maximum absolute atomic E-state index is 12.9. The van der Waals surface area contributed by atoms with Crippen LogP contribution in [0, 0.1) is 34.5 Å². The minimum atomic E-state index is -0.489. The molecule has 5 heteroatoms. The van der Waals surface area contributed by atoms with Gasteiger partial charge in [-0.15, -0.1) is 0 Å². The Kier molecular flexibility index (Phi) is 3.85. The van der Waals surface area contributed by atoms with Crippen LogP contribution in [0.1, 0.15) is 54.4 Å². The number of esters is 2. The Morgan fingerprint density at radius 2 is 1.58 bits per heavy atom. The van der Waals surface area contributed by atoms with Crippen molar-refractivity contribution >= 4 is 17.7 Å². The molecule has 4 rings (SSSR count). The number of hydrogen-bond acceptors (Lipinski definition) is 5. The van der Waals surface area contributed by atoms with Crippen molar-refractivity contribution in [3.63, 3.8) is 0 Å².